The van der Waals surface area contributed by atoms with Gasteiger partial charge in [-0.3, -0.25) is 9.78 Å². The van der Waals surface area contributed by atoms with Crippen molar-refractivity contribution in [1.29, 1.82) is 0 Å². The van der Waals surface area contributed by atoms with Gasteiger partial charge in [-0.1, -0.05) is 48.6 Å². The SMILES string of the molecule is CCOC(=O)CCC(C/C=C/c1cccnc1)OCCCOCc1ccccc1. The van der Waals surface area contributed by atoms with Crippen molar-refractivity contribution in [2.45, 2.75) is 45.3 Å². The van der Waals surface area contributed by atoms with Crippen molar-refractivity contribution in [3.8, 4) is 0 Å². The zero-order chi connectivity index (χ0) is 20.6. The van der Waals surface area contributed by atoms with Crippen LogP contribution in [0.25, 0.3) is 6.08 Å². The number of nitrogens with zero attached hydrogens (tertiary/aromatic N) is 1. The van der Waals surface area contributed by atoms with Crippen molar-refractivity contribution in [1.82, 2.24) is 4.98 Å². The molecule has 2 rings (SSSR count). The minimum Gasteiger partial charge on any atom is -0.466 e. The fourth-order valence-corrected chi connectivity index (χ4v) is 2.79. The molecule has 156 valence electrons. The quantitative estimate of drug-likeness (QED) is 0.338. The van der Waals surface area contributed by atoms with E-state index in [-0.39, 0.29) is 12.1 Å². The molecule has 0 radical (unpaired) electrons. The topological polar surface area (TPSA) is 57.7 Å². The van der Waals surface area contributed by atoms with Crippen LogP contribution >= 0.6 is 0 Å². The maximum absolute atomic E-state index is 11.7. The highest BCUT2D eigenvalue weighted by atomic mass is 16.5. The molecule has 0 N–H and O–H groups in total. The lowest BCUT2D eigenvalue weighted by Crippen LogP contribution is -2.17. The van der Waals surface area contributed by atoms with Gasteiger partial charge in [-0.25, -0.2) is 0 Å². The van der Waals surface area contributed by atoms with Gasteiger partial charge in [-0.05, 0) is 43.4 Å². The van der Waals surface area contributed by atoms with E-state index in [1.165, 1.54) is 5.56 Å². The third-order valence-electron chi connectivity index (χ3n) is 4.27. The van der Waals surface area contributed by atoms with Crippen molar-refractivity contribution < 1.29 is 19.0 Å². The van der Waals surface area contributed by atoms with Gasteiger partial charge in [0.25, 0.3) is 0 Å². The number of ether oxygens (including phenoxy) is 3. The van der Waals surface area contributed by atoms with Crippen molar-refractivity contribution in [2.24, 2.45) is 0 Å². The third kappa shape index (κ3) is 10.6. The second-order valence-electron chi connectivity index (χ2n) is 6.65. The highest BCUT2D eigenvalue weighted by molar-refractivity contribution is 5.69. The predicted molar refractivity (Wildman–Crippen MR) is 114 cm³/mol. The molecule has 0 aliphatic carbocycles. The molecule has 5 heteroatoms. The molecule has 1 heterocycles. The van der Waals surface area contributed by atoms with Crippen LogP contribution in [0.4, 0.5) is 0 Å². The first kappa shape index (κ1) is 22.8. The number of hydrogen-bond donors (Lipinski definition) is 0. The van der Waals surface area contributed by atoms with Crippen LogP contribution in [0.3, 0.4) is 0 Å². The second-order valence-corrected chi connectivity index (χ2v) is 6.65. The lowest BCUT2D eigenvalue weighted by Gasteiger charge is -2.16. The summed E-state index contributed by atoms with van der Waals surface area (Å²) in [5, 5.41) is 0. The Hall–Kier alpha value is -2.50. The van der Waals surface area contributed by atoms with Crippen LogP contribution in [0.5, 0.6) is 0 Å². The minimum absolute atomic E-state index is 0.0264. The molecule has 0 saturated heterocycles. The van der Waals surface area contributed by atoms with Gasteiger partial charge in [0.2, 0.25) is 0 Å². The van der Waals surface area contributed by atoms with E-state index in [4.69, 9.17) is 14.2 Å². The molecular formula is C24H31NO4. The summed E-state index contributed by atoms with van der Waals surface area (Å²) in [4.78, 5) is 15.8. The van der Waals surface area contributed by atoms with Crippen molar-refractivity contribution in [3.63, 3.8) is 0 Å². The van der Waals surface area contributed by atoms with Crippen LogP contribution in [0.15, 0.2) is 60.9 Å². The van der Waals surface area contributed by atoms with Gasteiger partial charge in [0.05, 0.1) is 19.3 Å². The second kappa shape index (κ2) is 14.5. The molecule has 0 fully saturated rings. The lowest BCUT2D eigenvalue weighted by atomic mass is 10.1. The van der Waals surface area contributed by atoms with E-state index in [9.17, 15) is 4.79 Å². The first-order valence-corrected chi connectivity index (χ1v) is 10.2. The van der Waals surface area contributed by atoms with Crippen LogP contribution < -0.4 is 0 Å². The number of carbonyl (C=O) groups is 1. The molecule has 1 aromatic heterocycles. The number of hydrogen-bond acceptors (Lipinski definition) is 5. The lowest BCUT2D eigenvalue weighted by molar-refractivity contribution is -0.144. The number of carbonyl (C=O) groups excluding carboxylic acids is 1. The molecule has 29 heavy (non-hydrogen) atoms. The molecule has 0 saturated carbocycles. The van der Waals surface area contributed by atoms with E-state index in [1.54, 1.807) is 6.20 Å². The van der Waals surface area contributed by atoms with E-state index in [2.05, 4.69) is 23.2 Å². The van der Waals surface area contributed by atoms with Gasteiger partial charge in [0.1, 0.15) is 0 Å². The molecule has 0 amide bonds. The van der Waals surface area contributed by atoms with E-state index >= 15 is 0 Å². The van der Waals surface area contributed by atoms with Gasteiger partial charge in [0.15, 0.2) is 0 Å². The van der Waals surface area contributed by atoms with Gasteiger partial charge in [-0.15, -0.1) is 0 Å². The smallest absolute Gasteiger partial charge is 0.305 e. The first-order valence-electron chi connectivity index (χ1n) is 10.2. The Balaban J connectivity index is 1.70. The van der Waals surface area contributed by atoms with Crippen LogP contribution in [0, 0.1) is 0 Å². The first-order chi connectivity index (χ1) is 14.3. The Morgan fingerprint density at radius 3 is 2.76 bits per heavy atom. The monoisotopic (exact) mass is 397 g/mol. The molecule has 0 spiro atoms. The predicted octanol–water partition coefficient (Wildman–Crippen LogP) is 4.82. The molecule has 0 aliphatic heterocycles. The standard InChI is InChI=1S/C24H31NO4/c1-2-28-24(26)15-14-23(13-6-11-21-12-7-16-25-19-21)29-18-8-17-27-20-22-9-4-3-5-10-22/h3-7,9-12,16,19,23H,2,8,13-15,17-18,20H2,1H3/b11-6+. The number of aromatic nitrogens is 1. The summed E-state index contributed by atoms with van der Waals surface area (Å²) in [7, 11) is 0. The maximum atomic E-state index is 11.7. The largest absolute Gasteiger partial charge is 0.466 e. The molecule has 5 nitrogen and oxygen atoms in total. The molecule has 1 atom stereocenters. The van der Waals surface area contributed by atoms with Crippen LogP contribution in [0.2, 0.25) is 0 Å². The van der Waals surface area contributed by atoms with E-state index in [1.807, 2.05) is 49.5 Å². The van der Waals surface area contributed by atoms with Crippen molar-refractivity contribution in [2.75, 3.05) is 19.8 Å². The minimum atomic E-state index is -0.177. The number of esters is 1. The van der Waals surface area contributed by atoms with Crippen LogP contribution in [-0.4, -0.2) is 36.9 Å². The molecule has 0 bridgehead atoms. The summed E-state index contributed by atoms with van der Waals surface area (Å²) >= 11 is 0. The van der Waals surface area contributed by atoms with Gasteiger partial charge in [-0.2, -0.15) is 0 Å². The number of pyridine rings is 1. The molecule has 1 aromatic carbocycles. The third-order valence-corrected chi connectivity index (χ3v) is 4.27. The summed E-state index contributed by atoms with van der Waals surface area (Å²) in [6, 6.07) is 14.0. The van der Waals surface area contributed by atoms with Gasteiger partial charge < -0.3 is 14.2 Å². The fourth-order valence-electron chi connectivity index (χ4n) is 2.79. The summed E-state index contributed by atoms with van der Waals surface area (Å²) in [6.45, 7) is 4.08. The Bertz CT molecular complexity index is 703. The van der Waals surface area contributed by atoms with Crippen molar-refractivity contribution >= 4 is 12.0 Å². The zero-order valence-electron chi connectivity index (χ0n) is 17.2. The molecule has 2 aromatic rings. The summed E-state index contributed by atoms with van der Waals surface area (Å²) < 4.78 is 16.7. The maximum Gasteiger partial charge on any atom is 0.305 e. The Labute approximate surface area is 173 Å². The summed E-state index contributed by atoms with van der Waals surface area (Å²) in [5.74, 6) is -0.177. The van der Waals surface area contributed by atoms with E-state index in [0.29, 0.717) is 39.3 Å². The summed E-state index contributed by atoms with van der Waals surface area (Å²) in [6.07, 6.45) is 10.2. The van der Waals surface area contributed by atoms with Crippen LogP contribution in [0.1, 0.15) is 43.7 Å². The average molecular weight is 398 g/mol. The Kier molecular flexibility index (Phi) is 11.4. The molecule has 0 aliphatic rings. The fraction of sp³-hybridized carbons (Fsp3) is 0.417. The highest BCUT2D eigenvalue weighted by Gasteiger charge is 2.11. The van der Waals surface area contributed by atoms with Gasteiger partial charge in [0, 0.05) is 32.0 Å². The van der Waals surface area contributed by atoms with Gasteiger partial charge >= 0.3 is 5.97 Å². The summed E-state index contributed by atoms with van der Waals surface area (Å²) in [5.41, 5.74) is 2.22. The number of rotatable bonds is 14. The van der Waals surface area contributed by atoms with E-state index in [0.717, 1.165) is 18.4 Å². The highest BCUT2D eigenvalue weighted by Crippen LogP contribution is 2.12. The van der Waals surface area contributed by atoms with Crippen LogP contribution in [-0.2, 0) is 25.6 Å². The average Bonchev–Trinajstić information content (AvgIpc) is 2.75. The molecular weight excluding hydrogens is 366 g/mol. The zero-order valence-corrected chi connectivity index (χ0v) is 17.2. The normalized spacial score (nSPS) is 12.2. The Morgan fingerprint density at radius 2 is 2.00 bits per heavy atom. The number of benzene rings is 1. The molecule has 1 unspecified atom stereocenters. The van der Waals surface area contributed by atoms with E-state index < -0.39 is 0 Å². The van der Waals surface area contributed by atoms with Crippen molar-refractivity contribution in [3.05, 3.63) is 72.1 Å². The Morgan fingerprint density at radius 1 is 1.14 bits per heavy atom.